The largest absolute Gasteiger partial charge is 0.393 e. The Balaban J connectivity index is 2.41. The summed E-state index contributed by atoms with van der Waals surface area (Å²) in [6, 6.07) is 6.91. The molecule has 1 aromatic rings. The van der Waals surface area contributed by atoms with Crippen molar-refractivity contribution >= 4 is 23.2 Å². The number of aliphatic hydroxyl groups excluding tert-OH is 1. The van der Waals surface area contributed by atoms with Crippen LogP contribution in [0.1, 0.15) is 19.8 Å². The first-order valence-electron chi connectivity index (χ1n) is 4.81. The Hall–Kier alpha value is -1.06. The maximum Gasteiger partial charge on any atom is 0.224 e. The number of rotatable bonds is 4. The number of hydrogen-bond donors (Lipinski definition) is 2. The van der Waals surface area contributed by atoms with Crippen molar-refractivity contribution in [1.82, 2.24) is 0 Å². The minimum absolute atomic E-state index is 0.0989. The molecule has 0 heterocycles. The number of hydrogen-bond acceptors (Lipinski definition) is 2. The van der Waals surface area contributed by atoms with Gasteiger partial charge in [0.15, 0.2) is 0 Å². The standard InChI is InChI=1S/C11H14ClNO2/c1-8(14)2-7-11(15)13-10-5-3-9(12)4-6-10/h3-6,8,14H,2,7H2,1H3,(H,13,15). The lowest BCUT2D eigenvalue weighted by Crippen LogP contribution is -2.13. The normalized spacial score (nSPS) is 12.2. The second-order valence-electron chi connectivity index (χ2n) is 3.44. The molecule has 1 aromatic carbocycles. The zero-order chi connectivity index (χ0) is 11.3. The molecule has 3 nitrogen and oxygen atoms in total. The smallest absolute Gasteiger partial charge is 0.224 e. The zero-order valence-electron chi connectivity index (χ0n) is 8.53. The van der Waals surface area contributed by atoms with Crippen molar-refractivity contribution < 1.29 is 9.90 Å². The molecular formula is C11H14ClNO2. The van der Waals surface area contributed by atoms with Crippen LogP contribution in [-0.2, 0) is 4.79 Å². The summed E-state index contributed by atoms with van der Waals surface area (Å²) in [6.45, 7) is 1.66. The van der Waals surface area contributed by atoms with Gasteiger partial charge in [-0.25, -0.2) is 0 Å². The summed E-state index contributed by atoms with van der Waals surface area (Å²) in [6.07, 6.45) is 0.348. The molecule has 0 saturated carbocycles. The third-order valence-corrected chi connectivity index (χ3v) is 2.17. The third-order valence-electron chi connectivity index (χ3n) is 1.92. The minimum atomic E-state index is -0.444. The van der Waals surface area contributed by atoms with Crippen molar-refractivity contribution in [2.45, 2.75) is 25.9 Å². The molecule has 0 aromatic heterocycles. The van der Waals surface area contributed by atoms with E-state index in [0.29, 0.717) is 17.9 Å². The molecule has 2 N–H and O–H groups in total. The Labute approximate surface area is 94.1 Å². The molecule has 0 aliphatic heterocycles. The van der Waals surface area contributed by atoms with Crippen LogP contribution in [-0.4, -0.2) is 17.1 Å². The predicted molar refractivity (Wildman–Crippen MR) is 61.0 cm³/mol. The van der Waals surface area contributed by atoms with Gasteiger partial charge in [-0.05, 0) is 37.6 Å². The topological polar surface area (TPSA) is 49.3 Å². The van der Waals surface area contributed by atoms with E-state index in [9.17, 15) is 4.79 Å². The highest BCUT2D eigenvalue weighted by atomic mass is 35.5. The molecule has 0 spiro atoms. The van der Waals surface area contributed by atoms with E-state index in [1.807, 2.05) is 0 Å². The molecule has 0 bridgehead atoms. The van der Waals surface area contributed by atoms with Gasteiger partial charge < -0.3 is 10.4 Å². The fourth-order valence-corrected chi connectivity index (χ4v) is 1.22. The van der Waals surface area contributed by atoms with Gasteiger partial charge in [0.1, 0.15) is 0 Å². The number of amides is 1. The zero-order valence-corrected chi connectivity index (χ0v) is 9.29. The molecule has 0 radical (unpaired) electrons. The number of aliphatic hydroxyl groups is 1. The second-order valence-corrected chi connectivity index (χ2v) is 3.88. The molecule has 1 atom stereocenters. The summed E-state index contributed by atoms with van der Waals surface area (Å²) in [5, 5.41) is 12.4. The van der Waals surface area contributed by atoms with E-state index in [2.05, 4.69) is 5.32 Å². The first-order valence-corrected chi connectivity index (χ1v) is 5.19. The van der Waals surface area contributed by atoms with E-state index < -0.39 is 6.10 Å². The van der Waals surface area contributed by atoms with Crippen LogP contribution >= 0.6 is 11.6 Å². The number of halogens is 1. The van der Waals surface area contributed by atoms with Crippen molar-refractivity contribution in [3.8, 4) is 0 Å². The fourth-order valence-electron chi connectivity index (χ4n) is 1.10. The van der Waals surface area contributed by atoms with E-state index in [4.69, 9.17) is 16.7 Å². The van der Waals surface area contributed by atoms with Crippen LogP contribution in [0.5, 0.6) is 0 Å². The Kier molecular flexibility index (Phi) is 4.59. The summed E-state index contributed by atoms with van der Waals surface area (Å²) in [7, 11) is 0. The minimum Gasteiger partial charge on any atom is -0.393 e. The number of carbonyl (C=O) groups is 1. The fraction of sp³-hybridized carbons (Fsp3) is 0.364. The van der Waals surface area contributed by atoms with Crippen molar-refractivity contribution in [1.29, 1.82) is 0 Å². The highest BCUT2D eigenvalue weighted by Crippen LogP contribution is 2.13. The van der Waals surface area contributed by atoms with Crippen molar-refractivity contribution in [3.63, 3.8) is 0 Å². The third kappa shape index (κ3) is 4.81. The molecule has 0 saturated heterocycles. The lowest BCUT2D eigenvalue weighted by atomic mass is 10.2. The molecule has 82 valence electrons. The molecule has 0 aliphatic rings. The molecule has 1 rings (SSSR count). The Morgan fingerprint density at radius 2 is 2.07 bits per heavy atom. The summed E-state index contributed by atoms with van der Waals surface area (Å²) in [4.78, 5) is 11.3. The molecule has 1 unspecified atom stereocenters. The van der Waals surface area contributed by atoms with Crippen molar-refractivity contribution in [3.05, 3.63) is 29.3 Å². The SMILES string of the molecule is CC(O)CCC(=O)Nc1ccc(Cl)cc1. The van der Waals surface area contributed by atoms with Crippen LogP contribution in [0.3, 0.4) is 0 Å². The Morgan fingerprint density at radius 1 is 1.47 bits per heavy atom. The van der Waals surface area contributed by atoms with Crippen LogP contribution in [0.2, 0.25) is 5.02 Å². The van der Waals surface area contributed by atoms with E-state index in [1.54, 1.807) is 31.2 Å². The van der Waals surface area contributed by atoms with Crippen LogP contribution in [0.25, 0.3) is 0 Å². The van der Waals surface area contributed by atoms with Gasteiger partial charge in [-0.2, -0.15) is 0 Å². The van der Waals surface area contributed by atoms with Crippen LogP contribution in [0.4, 0.5) is 5.69 Å². The number of anilines is 1. The lowest BCUT2D eigenvalue weighted by Gasteiger charge is -2.06. The maximum atomic E-state index is 11.3. The number of carbonyl (C=O) groups excluding carboxylic acids is 1. The van der Waals surface area contributed by atoms with Crippen LogP contribution < -0.4 is 5.32 Å². The molecule has 1 amide bonds. The number of nitrogens with one attached hydrogen (secondary N) is 1. The van der Waals surface area contributed by atoms with E-state index >= 15 is 0 Å². The van der Waals surface area contributed by atoms with Gasteiger partial charge >= 0.3 is 0 Å². The second kappa shape index (κ2) is 5.73. The van der Waals surface area contributed by atoms with Gasteiger partial charge in [-0.15, -0.1) is 0 Å². The average Bonchev–Trinajstić information content (AvgIpc) is 2.19. The maximum absolute atomic E-state index is 11.3. The number of benzene rings is 1. The Bertz CT molecular complexity index is 322. The van der Waals surface area contributed by atoms with Gasteiger partial charge in [0.25, 0.3) is 0 Å². The summed E-state index contributed by atoms with van der Waals surface area (Å²) >= 11 is 5.71. The van der Waals surface area contributed by atoms with Crippen molar-refractivity contribution in [2.24, 2.45) is 0 Å². The van der Waals surface area contributed by atoms with E-state index in [-0.39, 0.29) is 5.91 Å². The molecular weight excluding hydrogens is 214 g/mol. The van der Waals surface area contributed by atoms with Gasteiger partial charge in [-0.3, -0.25) is 4.79 Å². The Morgan fingerprint density at radius 3 is 2.60 bits per heavy atom. The quantitative estimate of drug-likeness (QED) is 0.830. The molecule has 15 heavy (non-hydrogen) atoms. The van der Waals surface area contributed by atoms with E-state index in [0.717, 1.165) is 5.69 Å². The van der Waals surface area contributed by atoms with Gasteiger partial charge in [0.2, 0.25) is 5.91 Å². The lowest BCUT2D eigenvalue weighted by molar-refractivity contribution is -0.116. The summed E-state index contributed by atoms with van der Waals surface area (Å²) in [5.74, 6) is -0.0989. The van der Waals surface area contributed by atoms with Crippen LogP contribution in [0, 0.1) is 0 Å². The van der Waals surface area contributed by atoms with E-state index in [1.165, 1.54) is 0 Å². The first-order chi connectivity index (χ1) is 7.08. The highest BCUT2D eigenvalue weighted by Gasteiger charge is 2.04. The summed E-state index contributed by atoms with van der Waals surface area (Å²) in [5.41, 5.74) is 0.718. The van der Waals surface area contributed by atoms with Crippen LogP contribution in [0.15, 0.2) is 24.3 Å². The average molecular weight is 228 g/mol. The molecule has 0 fully saturated rings. The van der Waals surface area contributed by atoms with Gasteiger partial charge in [0, 0.05) is 17.1 Å². The monoisotopic (exact) mass is 227 g/mol. The predicted octanol–water partition coefficient (Wildman–Crippen LogP) is 2.44. The van der Waals surface area contributed by atoms with Gasteiger partial charge in [0.05, 0.1) is 6.10 Å². The highest BCUT2D eigenvalue weighted by molar-refractivity contribution is 6.30. The summed E-state index contributed by atoms with van der Waals surface area (Å²) < 4.78 is 0. The first kappa shape index (κ1) is 12.0. The van der Waals surface area contributed by atoms with Crippen molar-refractivity contribution in [2.75, 3.05) is 5.32 Å². The molecule has 4 heteroatoms. The molecule has 0 aliphatic carbocycles. The van der Waals surface area contributed by atoms with Gasteiger partial charge in [-0.1, -0.05) is 11.6 Å².